The quantitative estimate of drug-likeness (QED) is 0.470. The summed E-state index contributed by atoms with van der Waals surface area (Å²) < 4.78 is 5.48. The number of ether oxygens (including phenoxy) is 1. The molecule has 4 heteroatoms. The van der Waals surface area contributed by atoms with Gasteiger partial charge >= 0.3 is 0 Å². The minimum Gasteiger partial charge on any atom is -0.484 e. The highest BCUT2D eigenvalue weighted by molar-refractivity contribution is 6.01. The number of aryl methyl sites for hydroxylation is 1. The fourth-order valence-electron chi connectivity index (χ4n) is 2.78. The zero-order valence-corrected chi connectivity index (χ0v) is 16.2. The normalized spacial score (nSPS) is 11.1. The van der Waals surface area contributed by atoms with Gasteiger partial charge in [0.25, 0.3) is 5.91 Å². The Morgan fingerprint density at radius 2 is 1.54 bits per heavy atom. The second kappa shape index (κ2) is 9.51. The number of hydrogen-bond donors (Lipinski definition) is 1. The predicted molar refractivity (Wildman–Crippen MR) is 114 cm³/mol. The van der Waals surface area contributed by atoms with Crippen molar-refractivity contribution in [1.82, 2.24) is 5.43 Å². The molecular formula is C24H24N2O2. The van der Waals surface area contributed by atoms with Crippen LogP contribution in [0.2, 0.25) is 0 Å². The number of rotatable bonds is 7. The van der Waals surface area contributed by atoms with Crippen molar-refractivity contribution < 1.29 is 9.53 Å². The van der Waals surface area contributed by atoms with E-state index in [2.05, 4.69) is 34.8 Å². The number of nitrogens with one attached hydrogen (secondary N) is 1. The fourth-order valence-corrected chi connectivity index (χ4v) is 2.78. The van der Waals surface area contributed by atoms with Crippen LogP contribution in [-0.2, 0) is 4.79 Å². The van der Waals surface area contributed by atoms with Crippen LogP contribution >= 0.6 is 0 Å². The molecule has 0 spiro atoms. The highest BCUT2D eigenvalue weighted by Crippen LogP contribution is 2.20. The van der Waals surface area contributed by atoms with E-state index in [9.17, 15) is 4.79 Å². The first-order valence-corrected chi connectivity index (χ1v) is 9.36. The minimum absolute atomic E-state index is 0.0729. The Balaban J connectivity index is 1.60. The van der Waals surface area contributed by atoms with E-state index < -0.39 is 0 Å². The van der Waals surface area contributed by atoms with Crippen LogP contribution in [0.4, 0.5) is 0 Å². The third kappa shape index (κ3) is 5.30. The van der Waals surface area contributed by atoms with Crippen LogP contribution in [0.5, 0.6) is 5.75 Å². The average molecular weight is 372 g/mol. The number of carbonyl (C=O) groups excluding carboxylic acids is 1. The minimum atomic E-state index is -0.285. The Labute approximate surface area is 165 Å². The molecule has 0 aliphatic heterocycles. The van der Waals surface area contributed by atoms with Gasteiger partial charge < -0.3 is 4.74 Å². The molecule has 142 valence electrons. The number of benzene rings is 3. The summed E-state index contributed by atoms with van der Waals surface area (Å²) in [6, 6.07) is 26.0. The summed E-state index contributed by atoms with van der Waals surface area (Å²) in [5.41, 5.74) is 7.86. The molecule has 3 rings (SSSR count). The number of hydrogen-bond acceptors (Lipinski definition) is 3. The molecule has 0 aromatic heterocycles. The van der Waals surface area contributed by atoms with Gasteiger partial charge in [-0.25, -0.2) is 5.43 Å². The maximum atomic E-state index is 12.0. The van der Waals surface area contributed by atoms with Crippen molar-refractivity contribution in [3.05, 3.63) is 90.0 Å². The van der Waals surface area contributed by atoms with Crippen molar-refractivity contribution in [2.24, 2.45) is 5.10 Å². The van der Waals surface area contributed by atoms with Gasteiger partial charge in [-0.2, -0.15) is 5.10 Å². The van der Waals surface area contributed by atoms with Gasteiger partial charge in [0.2, 0.25) is 0 Å². The van der Waals surface area contributed by atoms with Crippen molar-refractivity contribution in [1.29, 1.82) is 0 Å². The lowest BCUT2D eigenvalue weighted by Crippen LogP contribution is -2.26. The summed E-state index contributed by atoms with van der Waals surface area (Å²) in [4.78, 5) is 12.0. The number of hydrazone groups is 1. The van der Waals surface area contributed by atoms with E-state index in [0.29, 0.717) is 12.2 Å². The van der Waals surface area contributed by atoms with Crippen molar-refractivity contribution in [2.75, 3.05) is 6.61 Å². The van der Waals surface area contributed by atoms with Crippen molar-refractivity contribution in [2.45, 2.75) is 20.3 Å². The lowest BCUT2D eigenvalue weighted by atomic mass is 10.0. The van der Waals surface area contributed by atoms with Crippen LogP contribution in [0.15, 0.2) is 84.0 Å². The molecule has 0 unspecified atom stereocenters. The van der Waals surface area contributed by atoms with Crippen LogP contribution in [0, 0.1) is 6.92 Å². The van der Waals surface area contributed by atoms with Gasteiger partial charge in [0.05, 0.1) is 5.71 Å². The van der Waals surface area contributed by atoms with Crippen LogP contribution < -0.4 is 10.2 Å². The van der Waals surface area contributed by atoms with Crippen molar-refractivity contribution >= 4 is 11.6 Å². The lowest BCUT2D eigenvalue weighted by Gasteiger charge is -2.08. The molecule has 1 N–H and O–H groups in total. The van der Waals surface area contributed by atoms with E-state index in [1.54, 1.807) is 0 Å². The molecule has 0 aliphatic carbocycles. The van der Waals surface area contributed by atoms with Gasteiger partial charge in [0.1, 0.15) is 5.75 Å². The fraction of sp³-hybridized carbons (Fsp3) is 0.167. The van der Waals surface area contributed by atoms with Crippen LogP contribution in [-0.4, -0.2) is 18.2 Å². The Morgan fingerprint density at radius 3 is 2.18 bits per heavy atom. The number of amides is 1. The molecule has 0 atom stereocenters. The van der Waals surface area contributed by atoms with Gasteiger partial charge in [-0.1, -0.05) is 79.2 Å². The van der Waals surface area contributed by atoms with E-state index in [1.807, 2.05) is 68.4 Å². The van der Waals surface area contributed by atoms with Gasteiger partial charge in [-0.15, -0.1) is 0 Å². The van der Waals surface area contributed by atoms with Crippen LogP contribution in [0.25, 0.3) is 11.1 Å². The first-order chi connectivity index (χ1) is 13.7. The van der Waals surface area contributed by atoms with E-state index in [0.717, 1.165) is 22.4 Å². The van der Waals surface area contributed by atoms with E-state index >= 15 is 0 Å². The first kappa shape index (κ1) is 19.4. The SMILES string of the molecule is CCC(=NNC(=O)COc1ccc(C)cc1)c1ccc(-c2ccccc2)cc1. The van der Waals surface area contributed by atoms with Crippen molar-refractivity contribution in [3.8, 4) is 16.9 Å². The Kier molecular flexibility index (Phi) is 6.58. The van der Waals surface area contributed by atoms with Crippen LogP contribution in [0.3, 0.4) is 0 Å². The molecule has 0 fully saturated rings. The maximum absolute atomic E-state index is 12.0. The van der Waals surface area contributed by atoms with E-state index in [1.165, 1.54) is 5.56 Å². The summed E-state index contributed by atoms with van der Waals surface area (Å²) in [7, 11) is 0. The van der Waals surface area contributed by atoms with Gasteiger partial charge in [-0.3, -0.25) is 4.79 Å². The summed E-state index contributed by atoms with van der Waals surface area (Å²) in [5, 5.41) is 4.28. The molecule has 28 heavy (non-hydrogen) atoms. The summed E-state index contributed by atoms with van der Waals surface area (Å²) in [6.07, 6.45) is 0.712. The van der Waals surface area contributed by atoms with Crippen LogP contribution in [0.1, 0.15) is 24.5 Å². The second-order valence-electron chi connectivity index (χ2n) is 6.49. The molecule has 3 aromatic rings. The van der Waals surface area contributed by atoms with Gasteiger partial charge in [-0.05, 0) is 42.2 Å². The average Bonchev–Trinajstić information content (AvgIpc) is 2.75. The third-order valence-corrected chi connectivity index (χ3v) is 4.37. The third-order valence-electron chi connectivity index (χ3n) is 4.37. The highest BCUT2D eigenvalue weighted by atomic mass is 16.5. The molecule has 0 saturated heterocycles. The Hall–Kier alpha value is -3.40. The second-order valence-corrected chi connectivity index (χ2v) is 6.49. The molecule has 1 amide bonds. The monoisotopic (exact) mass is 372 g/mol. The molecule has 0 radical (unpaired) electrons. The summed E-state index contributed by atoms with van der Waals surface area (Å²) in [6.45, 7) is 3.94. The molecule has 0 heterocycles. The van der Waals surface area contributed by atoms with Gasteiger partial charge in [0.15, 0.2) is 6.61 Å². The number of carbonyl (C=O) groups is 1. The predicted octanol–water partition coefficient (Wildman–Crippen LogP) is 4.97. The highest BCUT2D eigenvalue weighted by Gasteiger charge is 2.06. The molecule has 0 bridgehead atoms. The molecule has 0 saturated carbocycles. The lowest BCUT2D eigenvalue weighted by molar-refractivity contribution is -0.123. The standard InChI is InChI=1S/C24H24N2O2/c1-3-23(21-13-11-20(12-14-21)19-7-5-4-6-8-19)25-26-24(27)17-28-22-15-9-18(2)10-16-22/h4-16H,3,17H2,1-2H3,(H,26,27). The molecular weight excluding hydrogens is 348 g/mol. The largest absolute Gasteiger partial charge is 0.484 e. The topological polar surface area (TPSA) is 50.7 Å². The Bertz CT molecular complexity index is 931. The zero-order chi connectivity index (χ0) is 19.8. The molecule has 0 aliphatic rings. The molecule has 4 nitrogen and oxygen atoms in total. The first-order valence-electron chi connectivity index (χ1n) is 9.36. The van der Waals surface area contributed by atoms with Gasteiger partial charge in [0, 0.05) is 0 Å². The summed E-state index contributed by atoms with van der Waals surface area (Å²) >= 11 is 0. The maximum Gasteiger partial charge on any atom is 0.277 e. The van der Waals surface area contributed by atoms with Crippen molar-refractivity contribution in [3.63, 3.8) is 0 Å². The summed E-state index contributed by atoms with van der Waals surface area (Å²) in [5.74, 6) is 0.379. The van der Waals surface area contributed by atoms with E-state index in [4.69, 9.17) is 4.74 Å². The number of nitrogens with zero attached hydrogens (tertiary/aromatic N) is 1. The zero-order valence-electron chi connectivity index (χ0n) is 16.2. The smallest absolute Gasteiger partial charge is 0.277 e. The Morgan fingerprint density at radius 1 is 0.893 bits per heavy atom. The van der Waals surface area contributed by atoms with E-state index in [-0.39, 0.29) is 12.5 Å². The molecule has 3 aromatic carbocycles.